The van der Waals surface area contributed by atoms with E-state index in [4.69, 9.17) is 0 Å². The maximum Gasteiger partial charge on any atom is 0.224 e. The van der Waals surface area contributed by atoms with E-state index in [-0.39, 0.29) is 5.91 Å². The van der Waals surface area contributed by atoms with Gasteiger partial charge < -0.3 is 10.6 Å². The van der Waals surface area contributed by atoms with E-state index >= 15 is 0 Å². The Morgan fingerprint density at radius 1 is 1.19 bits per heavy atom. The van der Waals surface area contributed by atoms with E-state index in [0.717, 1.165) is 25.1 Å². The minimum Gasteiger partial charge on any atom is -0.326 e. The highest BCUT2D eigenvalue weighted by molar-refractivity contribution is 5.92. The molecule has 0 spiro atoms. The normalized spacial score (nSPS) is 16.3. The molecule has 1 aliphatic rings. The third-order valence-corrected chi connectivity index (χ3v) is 4.56. The van der Waals surface area contributed by atoms with Gasteiger partial charge in [-0.1, -0.05) is 45.7 Å². The monoisotopic (exact) mass is 288 g/mol. The van der Waals surface area contributed by atoms with Crippen LogP contribution in [0.15, 0.2) is 18.2 Å². The van der Waals surface area contributed by atoms with Gasteiger partial charge in [-0.25, -0.2) is 0 Å². The van der Waals surface area contributed by atoms with E-state index in [9.17, 15) is 4.79 Å². The molecule has 116 valence electrons. The number of anilines is 1. The van der Waals surface area contributed by atoms with Gasteiger partial charge in [0.15, 0.2) is 0 Å². The van der Waals surface area contributed by atoms with E-state index in [0.29, 0.717) is 18.4 Å². The van der Waals surface area contributed by atoms with Crippen LogP contribution < -0.4 is 10.6 Å². The first kappa shape index (κ1) is 16.0. The summed E-state index contributed by atoms with van der Waals surface area (Å²) >= 11 is 0. The highest BCUT2D eigenvalue weighted by Gasteiger charge is 2.21. The van der Waals surface area contributed by atoms with Gasteiger partial charge in [-0.2, -0.15) is 0 Å². The quantitative estimate of drug-likeness (QED) is 0.829. The average molecular weight is 288 g/mol. The van der Waals surface area contributed by atoms with Crippen molar-refractivity contribution < 1.29 is 4.79 Å². The number of carbonyl (C=O) groups excluding carboxylic acids is 1. The molecule has 0 bridgehead atoms. The second-order valence-electron chi connectivity index (χ2n) is 5.93. The van der Waals surface area contributed by atoms with Crippen LogP contribution in [-0.2, 0) is 11.2 Å². The smallest absolute Gasteiger partial charge is 0.224 e. The number of amides is 1. The van der Waals surface area contributed by atoms with Crippen molar-refractivity contribution in [2.24, 2.45) is 5.92 Å². The summed E-state index contributed by atoms with van der Waals surface area (Å²) in [6, 6.07) is 6.97. The van der Waals surface area contributed by atoms with Crippen LogP contribution in [0, 0.1) is 5.92 Å². The molecule has 2 N–H and O–H groups in total. The molecule has 1 atom stereocenters. The molecule has 1 aromatic rings. The molecule has 3 heteroatoms. The second-order valence-corrected chi connectivity index (χ2v) is 5.93. The zero-order chi connectivity index (χ0) is 15.2. The molecule has 1 aliphatic heterocycles. The summed E-state index contributed by atoms with van der Waals surface area (Å²) in [4.78, 5) is 11.6. The molecule has 1 unspecified atom stereocenters. The van der Waals surface area contributed by atoms with Gasteiger partial charge >= 0.3 is 0 Å². The summed E-state index contributed by atoms with van der Waals surface area (Å²) in [5.74, 6) is 0.799. The predicted octanol–water partition coefficient (Wildman–Crippen LogP) is 4.05. The van der Waals surface area contributed by atoms with Crippen LogP contribution in [-0.4, -0.2) is 12.5 Å². The van der Waals surface area contributed by atoms with Crippen molar-refractivity contribution in [3.8, 4) is 0 Å². The van der Waals surface area contributed by atoms with Gasteiger partial charge in [0.25, 0.3) is 0 Å². The Hall–Kier alpha value is -1.35. The SMILES string of the molecule is CCNC(c1ccc2c(c1)CCCC(=O)N2)C(CC)CC. The Balaban J connectivity index is 2.29. The van der Waals surface area contributed by atoms with Crippen molar-refractivity contribution in [2.75, 3.05) is 11.9 Å². The number of fused-ring (bicyclic) bond motifs is 1. The number of hydrogen-bond donors (Lipinski definition) is 2. The van der Waals surface area contributed by atoms with Gasteiger partial charge in [-0.05, 0) is 42.5 Å². The Bertz CT molecular complexity index is 480. The van der Waals surface area contributed by atoms with Gasteiger partial charge in [0.1, 0.15) is 0 Å². The molecule has 1 aromatic carbocycles. The lowest BCUT2D eigenvalue weighted by Gasteiger charge is -2.27. The molecule has 0 radical (unpaired) electrons. The standard InChI is InChI=1S/C18H28N2O/c1-4-13(5-2)18(19-6-3)15-10-11-16-14(12-15)8-7-9-17(21)20-16/h10-13,18-19H,4-9H2,1-3H3,(H,20,21). The van der Waals surface area contributed by atoms with Crippen LogP contribution in [0.4, 0.5) is 5.69 Å². The Morgan fingerprint density at radius 3 is 2.62 bits per heavy atom. The average Bonchev–Trinajstić information content (AvgIpc) is 2.67. The predicted molar refractivity (Wildman–Crippen MR) is 88.5 cm³/mol. The zero-order valence-electron chi connectivity index (χ0n) is 13.5. The van der Waals surface area contributed by atoms with Crippen LogP contribution >= 0.6 is 0 Å². The largest absolute Gasteiger partial charge is 0.326 e. The Labute approximate surface area is 128 Å². The molecule has 0 aromatic heterocycles. The second kappa shape index (κ2) is 7.60. The number of nitrogens with one attached hydrogen (secondary N) is 2. The molecule has 0 fully saturated rings. The van der Waals surface area contributed by atoms with Crippen molar-refractivity contribution in [2.45, 2.75) is 58.9 Å². The maximum atomic E-state index is 11.6. The molecular weight excluding hydrogens is 260 g/mol. The maximum absolute atomic E-state index is 11.6. The minimum absolute atomic E-state index is 0.143. The molecule has 0 saturated carbocycles. The molecule has 1 amide bonds. The van der Waals surface area contributed by atoms with Gasteiger partial charge in [0.05, 0.1) is 0 Å². The fraction of sp³-hybridized carbons (Fsp3) is 0.611. The highest BCUT2D eigenvalue weighted by Crippen LogP contribution is 2.31. The molecular formula is C18H28N2O. The van der Waals surface area contributed by atoms with Gasteiger partial charge in [-0.3, -0.25) is 4.79 Å². The first-order valence-electron chi connectivity index (χ1n) is 8.35. The molecule has 2 rings (SSSR count). The van der Waals surface area contributed by atoms with Crippen LogP contribution in [0.1, 0.15) is 63.6 Å². The fourth-order valence-corrected chi connectivity index (χ4v) is 3.32. The van der Waals surface area contributed by atoms with Gasteiger partial charge in [0.2, 0.25) is 5.91 Å². The summed E-state index contributed by atoms with van der Waals surface area (Å²) < 4.78 is 0. The molecule has 1 heterocycles. The molecule has 3 nitrogen and oxygen atoms in total. The molecule has 0 aliphatic carbocycles. The van der Waals surface area contributed by atoms with Crippen molar-refractivity contribution in [3.63, 3.8) is 0 Å². The van der Waals surface area contributed by atoms with Crippen molar-refractivity contribution in [1.29, 1.82) is 0 Å². The Kier molecular flexibility index (Phi) is 5.80. The van der Waals surface area contributed by atoms with E-state index < -0.39 is 0 Å². The topological polar surface area (TPSA) is 41.1 Å². The van der Waals surface area contributed by atoms with E-state index in [2.05, 4.69) is 49.6 Å². The zero-order valence-corrected chi connectivity index (χ0v) is 13.5. The van der Waals surface area contributed by atoms with Crippen molar-refractivity contribution in [3.05, 3.63) is 29.3 Å². The first-order chi connectivity index (χ1) is 10.2. The summed E-state index contributed by atoms with van der Waals surface area (Å²) in [5, 5.41) is 6.66. The lowest BCUT2D eigenvalue weighted by molar-refractivity contribution is -0.116. The van der Waals surface area contributed by atoms with Crippen LogP contribution in [0.2, 0.25) is 0 Å². The lowest BCUT2D eigenvalue weighted by Crippen LogP contribution is -2.28. The third kappa shape index (κ3) is 3.85. The fourth-order valence-electron chi connectivity index (χ4n) is 3.32. The summed E-state index contributed by atoms with van der Waals surface area (Å²) in [6.07, 6.45) is 4.93. The molecule has 0 saturated heterocycles. The number of hydrogen-bond acceptors (Lipinski definition) is 2. The van der Waals surface area contributed by atoms with Crippen molar-refractivity contribution >= 4 is 11.6 Å². The number of rotatable bonds is 6. The minimum atomic E-state index is 0.143. The molecule has 21 heavy (non-hydrogen) atoms. The third-order valence-electron chi connectivity index (χ3n) is 4.56. The lowest BCUT2D eigenvalue weighted by atomic mass is 9.87. The summed E-state index contributed by atoms with van der Waals surface area (Å²) in [6.45, 7) is 7.68. The van der Waals surface area contributed by atoms with Crippen LogP contribution in [0.5, 0.6) is 0 Å². The number of aryl methyl sites for hydroxylation is 1. The first-order valence-corrected chi connectivity index (χ1v) is 8.35. The van der Waals surface area contributed by atoms with Gasteiger partial charge in [0, 0.05) is 18.2 Å². The number of benzene rings is 1. The van der Waals surface area contributed by atoms with Crippen molar-refractivity contribution in [1.82, 2.24) is 5.32 Å². The highest BCUT2D eigenvalue weighted by atomic mass is 16.1. The Morgan fingerprint density at radius 2 is 1.95 bits per heavy atom. The van der Waals surface area contributed by atoms with Crippen LogP contribution in [0.3, 0.4) is 0 Å². The van der Waals surface area contributed by atoms with Crippen LogP contribution in [0.25, 0.3) is 0 Å². The van der Waals surface area contributed by atoms with E-state index in [1.165, 1.54) is 24.0 Å². The van der Waals surface area contributed by atoms with E-state index in [1.807, 2.05) is 0 Å². The van der Waals surface area contributed by atoms with E-state index in [1.54, 1.807) is 0 Å². The summed E-state index contributed by atoms with van der Waals surface area (Å²) in [5.41, 5.74) is 3.65. The van der Waals surface area contributed by atoms with Gasteiger partial charge in [-0.15, -0.1) is 0 Å². The number of carbonyl (C=O) groups is 1. The summed E-state index contributed by atoms with van der Waals surface area (Å²) in [7, 11) is 0.